The fourth-order valence-electron chi connectivity index (χ4n) is 0. The Balaban J connectivity index is 0. The SMILES string of the molecule is C.C.[CH3-].[CH3-].[CH3-].[Y].[Y].[Y].[Y].[Y].[Y].[Y]. The van der Waals surface area contributed by atoms with E-state index in [0.717, 1.165) is 0 Å². The molecule has 0 atom stereocenters. The molecule has 0 heterocycles. The van der Waals surface area contributed by atoms with Gasteiger partial charge in [-0.05, 0) is 0 Å². The molecule has 0 bridgehead atoms. The van der Waals surface area contributed by atoms with Crippen LogP contribution in [0.2, 0.25) is 0 Å². The van der Waals surface area contributed by atoms with E-state index >= 15 is 0 Å². The van der Waals surface area contributed by atoms with Gasteiger partial charge in [-0.1, -0.05) is 14.9 Å². The predicted octanol–water partition coefficient (Wildman–Crippen LogP) is 2.61. The quantitative estimate of drug-likeness (QED) is 0.342. The van der Waals surface area contributed by atoms with Gasteiger partial charge in [0.2, 0.25) is 0 Å². The molecule has 0 aliphatic rings. The van der Waals surface area contributed by atoms with Gasteiger partial charge in [0.1, 0.15) is 0 Å². The Morgan fingerprint density at radius 1 is 0.250 bits per heavy atom. The standard InChI is InChI=1S/2CH4.3CH3.7Y/h2*1H4;3*1H3;;;;;;;/q;;3*-1;;;;;;;. The van der Waals surface area contributed by atoms with Crippen molar-refractivity contribution in [2.24, 2.45) is 0 Å². The first-order valence-electron chi connectivity index (χ1n) is 0. The molecule has 0 rings (SSSR count). The number of rotatable bonds is 0. The molecule has 0 aromatic rings. The van der Waals surface area contributed by atoms with E-state index in [9.17, 15) is 0 Å². The summed E-state index contributed by atoms with van der Waals surface area (Å²) in [6, 6.07) is 0. The van der Waals surface area contributed by atoms with Gasteiger partial charge in [-0.3, -0.25) is 0 Å². The van der Waals surface area contributed by atoms with Crippen molar-refractivity contribution in [3.63, 3.8) is 0 Å². The molecule has 0 amide bonds. The van der Waals surface area contributed by atoms with E-state index in [0.29, 0.717) is 0 Å². The van der Waals surface area contributed by atoms with Crippen LogP contribution in [0.25, 0.3) is 0 Å². The molecular weight excluding hydrogens is 682 g/mol. The smallest absolute Gasteiger partial charge is 0 e. The second-order valence-electron chi connectivity index (χ2n) is 0. The number of hydrogen-bond acceptors (Lipinski definition) is 0. The Hall–Kier alpha value is 7.73. The van der Waals surface area contributed by atoms with Crippen LogP contribution < -0.4 is 0 Å². The Bertz CT molecular complexity index is 11.8. The average Bonchev–Trinajstić information content (AvgIpc) is 0. The third kappa shape index (κ3) is 83.1. The predicted molar refractivity (Wildman–Crippen MR) is 32.7 cm³/mol. The van der Waals surface area contributed by atoms with Crippen LogP contribution in [0.5, 0.6) is 0 Å². The molecule has 0 aromatic carbocycles. The molecule has 61 valence electrons. The van der Waals surface area contributed by atoms with Crippen molar-refractivity contribution in [2.75, 3.05) is 0 Å². The van der Waals surface area contributed by atoms with Crippen LogP contribution in [0.1, 0.15) is 14.9 Å². The Morgan fingerprint density at radius 3 is 0.250 bits per heavy atom. The van der Waals surface area contributed by atoms with Gasteiger partial charge < -0.3 is 22.3 Å². The fourth-order valence-corrected chi connectivity index (χ4v) is 0. The third-order valence-corrected chi connectivity index (χ3v) is 0. The van der Waals surface area contributed by atoms with Crippen LogP contribution in [0.4, 0.5) is 0 Å². The largest absolute Gasteiger partial charge is 0.358 e. The van der Waals surface area contributed by atoms with E-state index in [1.807, 2.05) is 0 Å². The maximum Gasteiger partial charge on any atom is 0 e. The van der Waals surface area contributed by atoms with Gasteiger partial charge >= 0.3 is 0 Å². The summed E-state index contributed by atoms with van der Waals surface area (Å²) in [7, 11) is 0. The molecule has 7 heteroatoms. The summed E-state index contributed by atoms with van der Waals surface area (Å²) in [5, 5.41) is 0. The second kappa shape index (κ2) is 98.6. The topological polar surface area (TPSA) is 0 Å². The van der Waals surface area contributed by atoms with E-state index in [4.69, 9.17) is 0 Å². The minimum absolute atomic E-state index is 0. The van der Waals surface area contributed by atoms with Crippen LogP contribution in [0, 0.1) is 22.3 Å². The zero-order valence-electron chi connectivity index (χ0n) is 7.04. The molecule has 0 N–H and O–H groups in total. The van der Waals surface area contributed by atoms with Crippen molar-refractivity contribution in [3.8, 4) is 0 Å². The van der Waals surface area contributed by atoms with Crippen LogP contribution >= 0.6 is 0 Å². The van der Waals surface area contributed by atoms with Crippen molar-refractivity contribution in [1.29, 1.82) is 0 Å². The van der Waals surface area contributed by atoms with E-state index in [1.54, 1.807) is 0 Å². The maximum atomic E-state index is 0. The zero-order chi connectivity index (χ0) is 0. The Kier molecular flexibility index (Phi) is 952. The summed E-state index contributed by atoms with van der Waals surface area (Å²) in [6.07, 6.45) is 0. The second-order valence-corrected chi connectivity index (χ2v) is 0. The summed E-state index contributed by atoms with van der Waals surface area (Å²) in [6.45, 7) is 0. The summed E-state index contributed by atoms with van der Waals surface area (Å²) >= 11 is 0. The van der Waals surface area contributed by atoms with Crippen molar-refractivity contribution in [3.05, 3.63) is 22.3 Å². The van der Waals surface area contributed by atoms with Gasteiger partial charge in [-0.15, -0.1) is 0 Å². The first kappa shape index (κ1) is 116. The molecule has 0 aliphatic carbocycles. The van der Waals surface area contributed by atoms with Crippen molar-refractivity contribution >= 4 is 0 Å². The van der Waals surface area contributed by atoms with E-state index < -0.39 is 0 Å². The van der Waals surface area contributed by atoms with Gasteiger partial charge in [0, 0.05) is 229 Å². The molecule has 0 aliphatic heterocycles. The summed E-state index contributed by atoms with van der Waals surface area (Å²) in [5.74, 6) is 0. The Morgan fingerprint density at radius 2 is 0.250 bits per heavy atom. The fraction of sp³-hybridized carbons (Fsp3) is 0.400. The number of hydrogen-bond donors (Lipinski definition) is 0. The first-order chi connectivity index (χ1) is 0. The average molecular weight is 700 g/mol. The molecule has 0 aromatic heterocycles. The van der Waals surface area contributed by atoms with Gasteiger partial charge in [-0.25, -0.2) is 0 Å². The summed E-state index contributed by atoms with van der Waals surface area (Å²) in [5.41, 5.74) is 0. The zero-order valence-corrected chi connectivity index (χ0v) is 26.9. The van der Waals surface area contributed by atoms with Crippen molar-refractivity contribution < 1.29 is 229 Å². The third-order valence-electron chi connectivity index (χ3n) is 0. The van der Waals surface area contributed by atoms with E-state index in [-0.39, 0.29) is 266 Å². The molecule has 0 nitrogen and oxygen atoms in total. The molecule has 0 spiro atoms. The first-order valence-corrected chi connectivity index (χ1v) is 0. The summed E-state index contributed by atoms with van der Waals surface area (Å²) in [4.78, 5) is 0. The van der Waals surface area contributed by atoms with Gasteiger partial charge in [0.05, 0.1) is 0 Å². The van der Waals surface area contributed by atoms with Crippen molar-refractivity contribution in [2.45, 2.75) is 14.9 Å². The van der Waals surface area contributed by atoms with E-state index in [1.165, 1.54) is 0 Å². The van der Waals surface area contributed by atoms with Gasteiger partial charge in [0.15, 0.2) is 0 Å². The van der Waals surface area contributed by atoms with Gasteiger partial charge in [-0.2, -0.15) is 0 Å². The normalized spacial score (nSPS) is 0. The van der Waals surface area contributed by atoms with E-state index in [2.05, 4.69) is 0 Å². The van der Waals surface area contributed by atoms with Crippen LogP contribution in [-0.4, -0.2) is 0 Å². The van der Waals surface area contributed by atoms with Crippen LogP contribution in [0.15, 0.2) is 0 Å². The molecular formula is C5H17Y7-3. The monoisotopic (exact) mass is 699 g/mol. The molecule has 0 fully saturated rings. The molecule has 0 saturated carbocycles. The molecule has 0 saturated heterocycles. The van der Waals surface area contributed by atoms with Crippen LogP contribution in [-0.2, 0) is 229 Å². The summed E-state index contributed by atoms with van der Waals surface area (Å²) < 4.78 is 0. The maximum absolute atomic E-state index is 0. The van der Waals surface area contributed by atoms with Crippen LogP contribution in [0.3, 0.4) is 0 Å². The van der Waals surface area contributed by atoms with Crippen molar-refractivity contribution in [1.82, 2.24) is 0 Å². The van der Waals surface area contributed by atoms with Gasteiger partial charge in [0.25, 0.3) is 0 Å². The Labute approximate surface area is 258 Å². The minimum Gasteiger partial charge on any atom is -0.358 e. The molecule has 7 radical (unpaired) electrons. The molecule has 12 heavy (non-hydrogen) atoms. The molecule has 0 unspecified atom stereocenters. The minimum atomic E-state index is 0.